The Morgan fingerprint density at radius 2 is 2.14 bits per heavy atom. The third-order valence-corrected chi connectivity index (χ3v) is 10.2. The van der Waals surface area contributed by atoms with Gasteiger partial charge in [0, 0.05) is 67.8 Å². The smallest absolute Gasteiger partial charge is 0.338 e. The lowest BCUT2D eigenvalue weighted by atomic mass is 9.84. The number of benzene rings is 1. The van der Waals surface area contributed by atoms with Gasteiger partial charge in [-0.2, -0.15) is 0 Å². The Morgan fingerprint density at radius 3 is 2.89 bits per heavy atom. The van der Waals surface area contributed by atoms with Gasteiger partial charge < -0.3 is 19.7 Å². The van der Waals surface area contributed by atoms with E-state index < -0.39 is 35.3 Å². The number of halogens is 2. The van der Waals surface area contributed by atoms with Crippen molar-refractivity contribution in [2.45, 2.75) is 63.7 Å². The summed E-state index contributed by atoms with van der Waals surface area (Å²) < 4.78 is 36.7. The summed E-state index contributed by atoms with van der Waals surface area (Å²) in [4.78, 5) is 51.6. The molecule has 1 N–H and O–H groups in total. The fourth-order valence-electron chi connectivity index (χ4n) is 7.11. The van der Waals surface area contributed by atoms with Gasteiger partial charge in [-0.3, -0.25) is 14.7 Å². The first kappa shape index (κ1) is 30.5. The molecule has 1 aromatic carbocycles. The van der Waals surface area contributed by atoms with Crippen molar-refractivity contribution in [3.8, 4) is 0 Å². The maximum Gasteiger partial charge on any atom is 0.338 e. The molecule has 2 saturated heterocycles. The van der Waals surface area contributed by atoms with Gasteiger partial charge in [0.1, 0.15) is 18.1 Å². The zero-order valence-electron chi connectivity index (χ0n) is 24.9. The minimum atomic E-state index is -1.97. The maximum atomic E-state index is 16.3. The van der Waals surface area contributed by atoms with Crippen LogP contribution in [0.15, 0.2) is 46.0 Å². The van der Waals surface area contributed by atoms with Gasteiger partial charge in [-0.25, -0.2) is 18.6 Å². The molecule has 5 atom stereocenters. The Balaban J connectivity index is 1.33. The van der Waals surface area contributed by atoms with Crippen molar-refractivity contribution >= 4 is 35.3 Å². The normalized spacial score (nSPS) is 29.0. The van der Waals surface area contributed by atoms with Crippen LogP contribution in [0.5, 0.6) is 0 Å². The molecular weight excluding hydrogens is 588 g/mol. The molecule has 0 bridgehead atoms. The predicted octanol–water partition coefficient (Wildman–Crippen LogP) is 4.13. The average molecular weight is 626 g/mol. The summed E-state index contributed by atoms with van der Waals surface area (Å²) in [5, 5.41) is 5.76. The minimum Gasteiger partial charge on any atom is -0.462 e. The van der Waals surface area contributed by atoms with Crippen molar-refractivity contribution in [3.05, 3.63) is 63.0 Å². The molecule has 3 aliphatic heterocycles. The predicted molar refractivity (Wildman–Crippen MR) is 161 cm³/mol. The highest BCUT2D eigenvalue weighted by Gasteiger charge is 2.59. The van der Waals surface area contributed by atoms with Crippen LogP contribution in [-0.4, -0.2) is 83.3 Å². The molecule has 1 saturated carbocycles. The van der Waals surface area contributed by atoms with Gasteiger partial charge in [0.15, 0.2) is 16.5 Å². The highest BCUT2D eigenvalue weighted by molar-refractivity contribution is 7.11. The fraction of sp³-hybridized carbons (Fsp3) is 0.531. The number of carbonyl (C=O) groups excluding carboxylic acids is 3. The molecule has 1 aromatic heterocycles. The molecule has 4 unspecified atom stereocenters. The van der Waals surface area contributed by atoms with Crippen LogP contribution in [0.1, 0.15) is 61.2 Å². The number of amidine groups is 1. The number of piperidine rings is 1. The number of nitrogens with one attached hydrogen (secondary N) is 1. The molecule has 6 rings (SSSR count). The molecular formula is C32H37F2N5O4S. The Hall–Kier alpha value is -3.51. The summed E-state index contributed by atoms with van der Waals surface area (Å²) >= 11 is 1.38. The number of fused-ring (bicyclic) bond motifs is 1. The second kappa shape index (κ2) is 12.5. The number of nitrogens with zero attached hydrogens (tertiary/aromatic N) is 4. The van der Waals surface area contributed by atoms with E-state index in [9.17, 15) is 18.8 Å². The molecule has 3 fully saturated rings. The summed E-state index contributed by atoms with van der Waals surface area (Å²) in [5.41, 5.74) is -0.246. The molecule has 4 aliphatic rings. The van der Waals surface area contributed by atoms with E-state index in [-0.39, 0.29) is 43.7 Å². The first-order valence-electron chi connectivity index (χ1n) is 15.3. The van der Waals surface area contributed by atoms with Gasteiger partial charge in [0.2, 0.25) is 0 Å². The maximum absolute atomic E-state index is 16.3. The third kappa shape index (κ3) is 5.47. The molecule has 1 aliphatic carbocycles. The van der Waals surface area contributed by atoms with Crippen LogP contribution < -0.4 is 5.32 Å². The van der Waals surface area contributed by atoms with E-state index in [1.807, 2.05) is 17.2 Å². The number of hydrogen-bond acceptors (Lipinski definition) is 9. The van der Waals surface area contributed by atoms with Crippen LogP contribution >= 0.6 is 11.3 Å². The average Bonchev–Trinajstić information content (AvgIpc) is 3.78. The lowest BCUT2D eigenvalue weighted by Gasteiger charge is -2.38. The molecule has 2 aromatic rings. The van der Waals surface area contributed by atoms with E-state index in [1.165, 1.54) is 17.4 Å². The minimum absolute atomic E-state index is 0.0221. The van der Waals surface area contributed by atoms with E-state index in [0.29, 0.717) is 53.6 Å². The lowest BCUT2D eigenvalue weighted by Crippen LogP contribution is -2.52. The summed E-state index contributed by atoms with van der Waals surface area (Å²) in [6.07, 6.45) is 5.49. The highest BCUT2D eigenvalue weighted by Crippen LogP contribution is 2.44. The molecule has 1 amide bonds. The van der Waals surface area contributed by atoms with Crippen LogP contribution in [0.4, 0.5) is 8.78 Å². The number of ether oxygens (including phenoxy) is 1. The summed E-state index contributed by atoms with van der Waals surface area (Å²) in [6, 6.07) is 3.63. The summed E-state index contributed by atoms with van der Waals surface area (Å²) in [5.74, 6) is -1.82. The number of rotatable bonds is 9. The molecule has 9 nitrogen and oxygen atoms in total. The van der Waals surface area contributed by atoms with Crippen molar-refractivity contribution in [2.24, 2.45) is 16.8 Å². The van der Waals surface area contributed by atoms with E-state index >= 15 is 4.39 Å². The van der Waals surface area contributed by atoms with E-state index in [0.717, 1.165) is 19.1 Å². The van der Waals surface area contributed by atoms with Crippen molar-refractivity contribution < 1.29 is 27.9 Å². The van der Waals surface area contributed by atoms with Gasteiger partial charge in [-0.1, -0.05) is 25.5 Å². The standard InChI is InChI=1S/C32H37F2N5O4S/c1-3-13-43-30(41)26-24(36-28(29-35-11-14-44-29)37-27(26)22-7-5-8-23(33)19(22)2)17-38-12-10-32(34)21(15-38)16-39(31(32)42)25-9-4-6-20(25)18-40/h5,7-8,11,14,18,20-21,25,27H,3-4,6,9-10,12-13,15-17H2,1-2H3,(H,36,37)/t20?,21?,25?,27-,32?/m0/s1. The number of carbonyl (C=O) groups is 3. The second-order valence-corrected chi connectivity index (χ2v) is 13.0. The van der Waals surface area contributed by atoms with Crippen LogP contribution in [-0.2, 0) is 19.1 Å². The Morgan fingerprint density at radius 1 is 1.30 bits per heavy atom. The Bertz CT molecular complexity index is 1500. The number of aldehydes is 1. The van der Waals surface area contributed by atoms with Crippen molar-refractivity contribution in [1.29, 1.82) is 0 Å². The second-order valence-electron chi connectivity index (χ2n) is 12.1. The molecule has 44 heavy (non-hydrogen) atoms. The monoisotopic (exact) mass is 625 g/mol. The lowest BCUT2D eigenvalue weighted by molar-refractivity contribution is -0.143. The van der Waals surface area contributed by atoms with E-state index in [1.54, 1.807) is 30.2 Å². The van der Waals surface area contributed by atoms with Gasteiger partial charge in [-0.05, 0) is 43.4 Å². The Kier molecular flexibility index (Phi) is 8.65. The van der Waals surface area contributed by atoms with Gasteiger partial charge in [0.25, 0.3) is 5.91 Å². The topological polar surface area (TPSA) is 104 Å². The Labute approximate surface area is 259 Å². The summed E-state index contributed by atoms with van der Waals surface area (Å²) in [7, 11) is 0. The molecule has 4 heterocycles. The molecule has 0 radical (unpaired) electrons. The third-order valence-electron chi connectivity index (χ3n) is 9.46. The van der Waals surface area contributed by atoms with Crippen LogP contribution in [0.25, 0.3) is 0 Å². The number of hydrogen-bond donors (Lipinski definition) is 1. The zero-order chi connectivity index (χ0) is 31.0. The fourth-order valence-corrected chi connectivity index (χ4v) is 7.70. The quantitative estimate of drug-likeness (QED) is 0.330. The first-order chi connectivity index (χ1) is 21.2. The van der Waals surface area contributed by atoms with E-state index in [2.05, 4.69) is 10.3 Å². The number of amides is 1. The highest BCUT2D eigenvalue weighted by atomic mass is 32.1. The van der Waals surface area contributed by atoms with Crippen LogP contribution in [0.2, 0.25) is 0 Å². The van der Waals surface area contributed by atoms with Crippen LogP contribution in [0, 0.1) is 24.6 Å². The van der Waals surface area contributed by atoms with Gasteiger partial charge in [-0.15, -0.1) is 11.3 Å². The molecule has 12 heteroatoms. The first-order valence-corrected chi connectivity index (χ1v) is 16.2. The number of aromatic nitrogens is 1. The van der Waals surface area contributed by atoms with Gasteiger partial charge in [0.05, 0.1) is 12.2 Å². The number of aliphatic imine (C=N–C) groups is 1. The number of esters is 1. The number of alkyl halides is 1. The zero-order valence-corrected chi connectivity index (χ0v) is 25.7. The SMILES string of the molecule is CCCOC(=O)C1=C(CN2CCC3(F)C(=O)N(C4CCCC4C=O)CC3C2)NC(c2nccs2)=N[C@H]1c1cccc(F)c1C. The van der Waals surface area contributed by atoms with Crippen molar-refractivity contribution in [1.82, 2.24) is 20.1 Å². The number of likely N-dealkylation sites (tertiary alicyclic amines) is 2. The summed E-state index contributed by atoms with van der Waals surface area (Å²) in [6.45, 7) is 4.87. The van der Waals surface area contributed by atoms with Crippen molar-refractivity contribution in [3.63, 3.8) is 0 Å². The molecule has 234 valence electrons. The van der Waals surface area contributed by atoms with E-state index in [4.69, 9.17) is 9.73 Å². The van der Waals surface area contributed by atoms with Gasteiger partial charge >= 0.3 is 5.97 Å². The molecule has 0 spiro atoms. The largest absolute Gasteiger partial charge is 0.462 e. The van der Waals surface area contributed by atoms with Crippen molar-refractivity contribution in [2.75, 3.05) is 32.8 Å². The number of thiazole rings is 1. The van der Waals surface area contributed by atoms with Crippen LogP contribution in [0.3, 0.4) is 0 Å².